The molecular formula is C23H35N5O6. The molecule has 4 unspecified atom stereocenters. The average Bonchev–Trinajstić information content (AvgIpc) is 3.32. The average molecular weight is 478 g/mol. The van der Waals surface area contributed by atoms with Crippen LogP contribution in [0, 0.1) is 0 Å². The van der Waals surface area contributed by atoms with Gasteiger partial charge >= 0.3 is 5.97 Å². The van der Waals surface area contributed by atoms with Gasteiger partial charge in [0.05, 0.1) is 12.6 Å². The van der Waals surface area contributed by atoms with Crippen molar-refractivity contribution in [3.63, 3.8) is 0 Å². The summed E-state index contributed by atoms with van der Waals surface area (Å²) in [7, 11) is 0. The van der Waals surface area contributed by atoms with Crippen LogP contribution in [0.4, 0.5) is 0 Å². The molecule has 188 valence electrons. The molecule has 1 heterocycles. The fraction of sp³-hybridized carbons (Fsp3) is 0.565. The van der Waals surface area contributed by atoms with Gasteiger partial charge in [-0.1, -0.05) is 36.8 Å². The largest absolute Gasteiger partial charge is 0.480 e. The summed E-state index contributed by atoms with van der Waals surface area (Å²) in [6, 6.07) is 5.06. The fourth-order valence-electron chi connectivity index (χ4n) is 3.92. The normalized spacial score (nSPS) is 18.1. The minimum absolute atomic E-state index is 0.208. The van der Waals surface area contributed by atoms with Gasteiger partial charge in [-0.3, -0.25) is 14.4 Å². The molecule has 1 aliphatic heterocycles. The van der Waals surface area contributed by atoms with Crippen molar-refractivity contribution >= 4 is 23.7 Å². The van der Waals surface area contributed by atoms with Gasteiger partial charge in [0.2, 0.25) is 17.7 Å². The van der Waals surface area contributed by atoms with Crippen molar-refractivity contribution in [2.45, 2.75) is 62.7 Å². The van der Waals surface area contributed by atoms with E-state index in [-0.39, 0.29) is 13.0 Å². The molecule has 34 heavy (non-hydrogen) atoms. The number of likely N-dealkylation sites (tertiary alicyclic amines) is 1. The van der Waals surface area contributed by atoms with Gasteiger partial charge in [-0.05, 0) is 37.8 Å². The lowest BCUT2D eigenvalue weighted by Gasteiger charge is -2.30. The summed E-state index contributed by atoms with van der Waals surface area (Å²) < 4.78 is 0. The summed E-state index contributed by atoms with van der Waals surface area (Å²) in [6.07, 6.45) is 2.96. The monoisotopic (exact) mass is 477 g/mol. The number of hydrogen-bond donors (Lipinski definition) is 6. The summed E-state index contributed by atoms with van der Waals surface area (Å²) in [4.78, 5) is 51.4. The number of amides is 3. The van der Waals surface area contributed by atoms with Gasteiger partial charge in [0.1, 0.15) is 18.1 Å². The number of aliphatic hydroxyl groups excluding tert-OH is 1. The topological polar surface area (TPSA) is 188 Å². The molecule has 2 rings (SSSR count). The van der Waals surface area contributed by atoms with Crippen molar-refractivity contribution in [1.82, 2.24) is 15.5 Å². The van der Waals surface area contributed by atoms with Crippen molar-refractivity contribution in [2.24, 2.45) is 11.5 Å². The molecule has 1 saturated heterocycles. The number of rotatable bonds is 13. The molecule has 1 aromatic carbocycles. The third-order valence-corrected chi connectivity index (χ3v) is 5.84. The van der Waals surface area contributed by atoms with E-state index in [2.05, 4.69) is 10.6 Å². The number of hydrogen-bond acceptors (Lipinski definition) is 7. The van der Waals surface area contributed by atoms with E-state index in [0.717, 1.165) is 12.0 Å². The van der Waals surface area contributed by atoms with Gasteiger partial charge in [0, 0.05) is 13.0 Å². The maximum absolute atomic E-state index is 13.5. The number of carboxylic acid groups (broad SMARTS) is 1. The number of aliphatic hydroxyl groups is 1. The molecule has 1 aliphatic rings. The smallest absolute Gasteiger partial charge is 0.328 e. The lowest BCUT2D eigenvalue weighted by molar-refractivity contribution is -0.145. The van der Waals surface area contributed by atoms with Crippen molar-refractivity contribution < 1.29 is 29.4 Å². The second-order valence-electron chi connectivity index (χ2n) is 8.41. The summed E-state index contributed by atoms with van der Waals surface area (Å²) in [5.41, 5.74) is 12.3. The Morgan fingerprint density at radius 1 is 1.09 bits per heavy atom. The first-order valence-corrected chi connectivity index (χ1v) is 11.5. The summed E-state index contributed by atoms with van der Waals surface area (Å²) in [5.74, 6) is -2.93. The number of carbonyl (C=O) groups excluding carboxylic acids is 3. The first-order valence-electron chi connectivity index (χ1n) is 11.5. The van der Waals surface area contributed by atoms with Crippen LogP contribution in [0.5, 0.6) is 0 Å². The van der Waals surface area contributed by atoms with Crippen molar-refractivity contribution in [2.75, 3.05) is 19.7 Å². The number of unbranched alkanes of at least 4 members (excludes halogenated alkanes) is 1. The van der Waals surface area contributed by atoms with Crippen molar-refractivity contribution in [1.29, 1.82) is 0 Å². The van der Waals surface area contributed by atoms with Gasteiger partial charge < -0.3 is 37.2 Å². The molecule has 0 bridgehead atoms. The molecule has 0 aliphatic carbocycles. The summed E-state index contributed by atoms with van der Waals surface area (Å²) in [6.45, 7) is 0.0227. The van der Waals surface area contributed by atoms with E-state index in [1.54, 1.807) is 0 Å². The minimum atomic E-state index is -1.46. The lowest BCUT2D eigenvalue weighted by Crippen LogP contribution is -2.57. The number of carboxylic acids is 1. The Hall–Kier alpha value is -3.02. The van der Waals surface area contributed by atoms with Crippen molar-refractivity contribution in [3.05, 3.63) is 35.9 Å². The first kappa shape index (κ1) is 27.2. The molecule has 0 aromatic heterocycles. The number of nitrogens with two attached hydrogens (primary N) is 2. The van der Waals surface area contributed by atoms with Crippen LogP contribution in [0.1, 0.15) is 37.7 Å². The molecule has 4 atom stereocenters. The zero-order valence-corrected chi connectivity index (χ0v) is 19.2. The standard InChI is InChI=1S/C23H35N5O6/c24-11-5-4-9-16(25)20(30)26-17(13-15-7-2-1-3-8-15)22(32)28-12-6-10-19(28)21(31)27-18(14-29)23(33)34/h1-3,7-8,16-19,29H,4-6,9-14,24-25H2,(H,26,30)(H,27,31)(H,33,34). The number of carbonyl (C=O) groups is 4. The predicted octanol–water partition coefficient (Wildman–Crippen LogP) is -1.28. The molecule has 1 fully saturated rings. The highest BCUT2D eigenvalue weighted by atomic mass is 16.4. The third kappa shape index (κ3) is 7.79. The summed E-state index contributed by atoms with van der Waals surface area (Å²) >= 11 is 0. The molecule has 3 amide bonds. The fourth-order valence-corrected chi connectivity index (χ4v) is 3.92. The van der Waals surface area contributed by atoms with E-state index in [0.29, 0.717) is 32.2 Å². The Balaban J connectivity index is 2.16. The van der Waals surface area contributed by atoms with Crippen LogP contribution < -0.4 is 22.1 Å². The minimum Gasteiger partial charge on any atom is -0.480 e. The van der Waals surface area contributed by atoms with Crippen LogP contribution in [0.3, 0.4) is 0 Å². The third-order valence-electron chi connectivity index (χ3n) is 5.84. The van der Waals surface area contributed by atoms with Gasteiger partial charge in [0.15, 0.2) is 0 Å². The van der Waals surface area contributed by atoms with E-state index < -0.39 is 54.5 Å². The van der Waals surface area contributed by atoms with Crippen LogP contribution in [-0.4, -0.2) is 82.7 Å². The van der Waals surface area contributed by atoms with E-state index in [1.807, 2.05) is 30.3 Å². The maximum atomic E-state index is 13.5. The van der Waals surface area contributed by atoms with E-state index >= 15 is 0 Å². The number of nitrogens with one attached hydrogen (secondary N) is 2. The zero-order valence-electron chi connectivity index (χ0n) is 19.2. The van der Waals surface area contributed by atoms with Crippen LogP contribution in [-0.2, 0) is 25.6 Å². The van der Waals surface area contributed by atoms with E-state index in [1.165, 1.54) is 4.90 Å². The highest BCUT2D eigenvalue weighted by molar-refractivity contribution is 5.94. The molecule has 8 N–H and O–H groups in total. The molecule has 11 nitrogen and oxygen atoms in total. The Bertz CT molecular complexity index is 836. The lowest BCUT2D eigenvalue weighted by atomic mass is 10.0. The van der Waals surface area contributed by atoms with Crippen LogP contribution in [0.2, 0.25) is 0 Å². The van der Waals surface area contributed by atoms with E-state index in [4.69, 9.17) is 16.6 Å². The zero-order chi connectivity index (χ0) is 25.1. The summed E-state index contributed by atoms with van der Waals surface area (Å²) in [5, 5.41) is 23.3. The molecule has 0 saturated carbocycles. The molecule has 11 heteroatoms. The Labute approximate surface area is 198 Å². The second kappa shape index (κ2) is 13.6. The molecule has 1 aromatic rings. The highest BCUT2D eigenvalue weighted by Crippen LogP contribution is 2.20. The number of aliphatic carboxylic acids is 1. The Kier molecular flexibility index (Phi) is 10.9. The predicted molar refractivity (Wildman–Crippen MR) is 124 cm³/mol. The van der Waals surface area contributed by atoms with Gasteiger partial charge in [-0.15, -0.1) is 0 Å². The van der Waals surface area contributed by atoms with Crippen LogP contribution >= 0.6 is 0 Å². The quantitative estimate of drug-likeness (QED) is 0.189. The number of benzene rings is 1. The van der Waals surface area contributed by atoms with Crippen LogP contribution in [0.25, 0.3) is 0 Å². The Morgan fingerprint density at radius 3 is 2.41 bits per heavy atom. The van der Waals surface area contributed by atoms with Crippen molar-refractivity contribution in [3.8, 4) is 0 Å². The van der Waals surface area contributed by atoms with Crippen LogP contribution in [0.15, 0.2) is 30.3 Å². The van der Waals surface area contributed by atoms with E-state index in [9.17, 15) is 24.3 Å². The number of nitrogens with zero attached hydrogens (tertiary/aromatic N) is 1. The second-order valence-corrected chi connectivity index (χ2v) is 8.41. The first-order chi connectivity index (χ1) is 16.3. The van der Waals surface area contributed by atoms with Gasteiger partial charge in [-0.2, -0.15) is 0 Å². The SMILES string of the molecule is NCCCCC(N)C(=O)NC(Cc1ccccc1)C(=O)N1CCCC1C(=O)NC(CO)C(=O)O. The molecule has 0 radical (unpaired) electrons. The highest BCUT2D eigenvalue weighted by Gasteiger charge is 2.39. The van der Waals surface area contributed by atoms with Gasteiger partial charge in [-0.25, -0.2) is 4.79 Å². The van der Waals surface area contributed by atoms with Gasteiger partial charge in [0.25, 0.3) is 0 Å². The molecule has 0 spiro atoms. The molecular weight excluding hydrogens is 442 g/mol. The maximum Gasteiger partial charge on any atom is 0.328 e. The Morgan fingerprint density at radius 2 is 1.79 bits per heavy atom.